The average Bonchev–Trinajstić information content (AvgIpc) is 2.82. The lowest BCUT2D eigenvalue weighted by Gasteiger charge is -2.37. The van der Waals surface area contributed by atoms with Gasteiger partial charge in [0, 0.05) is 31.6 Å². The van der Waals surface area contributed by atoms with Crippen molar-refractivity contribution >= 4 is 11.8 Å². The summed E-state index contributed by atoms with van der Waals surface area (Å²) < 4.78 is 5.23. The van der Waals surface area contributed by atoms with Crippen molar-refractivity contribution in [1.29, 1.82) is 0 Å². The van der Waals surface area contributed by atoms with Crippen LogP contribution in [-0.2, 0) is 9.53 Å². The van der Waals surface area contributed by atoms with Gasteiger partial charge in [0.05, 0.1) is 18.6 Å². The smallest absolute Gasteiger partial charge is 0.254 e. The van der Waals surface area contributed by atoms with E-state index in [1.807, 2.05) is 0 Å². The van der Waals surface area contributed by atoms with Crippen LogP contribution in [0.25, 0.3) is 0 Å². The van der Waals surface area contributed by atoms with Crippen molar-refractivity contribution in [2.45, 2.75) is 24.8 Å². The van der Waals surface area contributed by atoms with E-state index < -0.39 is 11.4 Å². The van der Waals surface area contributed by atoms with Crippen molar-refractivity contribution in [3.05, 3.63) is 30.1 Å². The molecule has 1 aliphatic rings. The zero-order valence-electron chi connectivity index (χ0n) is 11.5. The molecule has 0 spiro atoms. The number of hydrogen-bond donors (Lipinski definition) is 1. The number of primary amides is 1. The molecule has 108 valence electrons. The Kier molecular flexibility index (Phi) is 4.34. The van der Waals surface area contributed by atoms with Crippen LogP contribution >= 0.6 is 0 Å². The van der Waals surface area contributed by atoms with Crippen molar-refractivity contribution < 1.29 is 14.3 Å². The predicted molar refractivity (Wildman–Crippen MR) is 72.9 cm³/mol. The molecule has 1 saturated heterocycles. The van der Waals surface area contributed by atoms with E-state index in [2.05, 4.69) is 4.98 Å². The van der Waals surface area contributed by atoms with Gasteiger partial charge >= 0.3 is 0 Å². The van der Waals surface area contributed by atoms with Gasteiger partial charge in [-0.05, 0) is 25.0 Å². The van der Waals surface area contributed by atoms with Gasteiger partial charge in [-0.1, -0.05) is 0 Å². The van der Waals surface area contributed by atoms with Crippen LogP contribution in [0.3, 0.4) is 0 Å². The van der Waals surface area contributed by atoms with Gasteiger partial charge in [0.25, 0.3) is 5.91 Å². The van der Waals surface area contributed by atoms with Crippen LogP contribution in [0.1, 0.15) is 29.6 Å². The predicted octanol–water partition coefficient (Wildman–Crippen LogP) is 0.578. The Morgan fingerprint density at radius 1 is 1.45 bits per heavy atom. The topological polar surface area (TPSA) is 85.5 Å². The Morgan fingerprint density at radius 3 is 2.75 bits per heavy atom. The molecule has 1 aromatic rings. The van der Waals surface area contributed by atoms with E-state index in [1.54, 1.807) is 36.5 Å². The van der Waals surface area contributed by atoms with E-state index in [4.69, 9.17) is 10.5 Å². The molecule has 2 amide bonds. The summed E-state index contributed by atoms with van der Waals surface area (Å²) in [5.41, 5.74) is 5.28. The molecule has 0 radical (unpaired) electrons. The lowest BCUT2D eigenvalue weighted by Crippen LogP contribution is -2.52. The summed E-state index contributed by atoms with van der Waals surface area (Å²) in [6, 6.07) is 3.34. The minimum atomic E-state index is -0.624. The maximum Gasteiger partial charge on any atom is 0.254 e. The van der Waals surface area contributed by atoms with Gasteiger partial charge in [-0.3, -0.25) is 14.6 Å². The van der Waals surface area contributed by atoms with Gasteiger partial charge in [-0.2, -0.15) is 0 Å². The minimum absolute atomic E-state index is 0.108. The number of likely N-dealkylation sites (tertiary alicyclic amines) is 1. The van der Waals surface area contributed by atoms with E-state index in [0.29, 0.717) is 18.7 Å². The molecule has 6 nitrogen and oxygen atoms in total. The first-order chi connectivity index (χ1) is 9.59. The highest BCUT2D eigenvalue weighted by molar-refractivity contribution is 5.95. The number of methoxy groups -OCH3 is 1. The van der Waals surface area contributed by atoms with Crippen LogP contribution in [0.15, 0.2) is 24.5 Å². The van der Waals surface area contributed by atoms with Crippen LogP contribution in [-0.4, -0.2) is 47.5 Å². The van der Waals surface area contributed by atoms with Gasteiger partial charge in [0.2, 0.25) is 5.91 Å². The van der Waals surface area contributed by atoms with Crippen molar-refractivity contribution in [2.24, 2.45) is 5.73 Å². The van der Waals surface area contributed by atoms with E-state index in [-0.39, 0.29) is 12.3 Å². The summed E-state index contributed by atoms with van der Waals surface area (Å²) in [6.45, 7) is 0.921. The SMILES string of the molecule is COC[C@]1(CC(N)=O)CCCN1C(=O)c1ccncc1. The van der Waals surface area contributed by atoms with Crippen LogP contribution < -0.4 is 5.73 Å². The molecular weight excluding hydrogens is 258 g/mol. The third kappa shape index (κ3) is 2.80. The molecule has 20 heavy (non-hydrogen) atoms. The fourth-order valence-electron chi connectivity index (χ4n) is 2.88. The molecular formula is C14H19N3O3. The normalized spacial score (nSPS) is 21.9. The molecule has 2 N–H and O–H groups in total. The molecule has 0 bridgehead atoms. The second-order valence-corrected chi connectivity index (χ2v) is 5.10. The van der Waals surface area contributed by atoms with Crippen molar-refractivity contribution in [1.82, 2.24) is 9.88 Å². The lowest BCUT2D eigenvalue weighted by atomic mass is 9.92. The molecule has 1 atom stereocenters. The van der Waals surface area contributed by atoms with E-state index in [0.717, 1.165) is 12.8 Å². The summed E-state index contributed by atoms with van der Waals surface area (Å²) in [5, 5.41) is 0. The Morgan fingerprint density at radius 2 is 2.15 bits per heavy atom. The summed E-state index contributed by atoms with van der Waals surface area (Å²) in [4.78, 5) is 29.6. The van der Waals surface area contributed by atoms with Gasteiger partial charge < -0.3 is 15.4 Å². The molecule has 1 aliphatic heterocycles. The van der Waals surface area contributed by atoms with Crippen molar-refractivity contribution in [3.63, 3.8) is 0 Å². The van der Waals surface area contributed by atoms with Gasteiger partial charge in [0.1, 0.15) is 0 Å². The van der Waals surface area contributed by atoms with Crippen LogP contribution in [0.5, 0.6) is 0 Å². The first-order valence-electron chi connectivity index (χ1n) is 6.58. The Hall–Kier alpha value is -1.95. The van der Waals surface area contributed by atoms with Crippen molar-refractivity contribution in [3.8, 4) is 0 Å². The number of amides is 2. The maximum atomic E-state index is 12.6. The molecule has 6 heteroatoms. The minimum Gasteiger partial charge on any atom is -0.382 e. The second kappa shape index (κ2) is 6.00. The molecule has 0 saturated carbocycles. The molecule has 1 aromatic heterocycles. The monoisotopic (exact) mass is 277 g/mol. The number of rotatable bonds is 5. The fourth-order valence-corrected chi connectivity index (χ4v) is 2.88. The number of hydrogen-bond acceptors (Lipinski definition) is 4. The molecule has 0 aliphatic carbocycles. The number of nitrogens with zero attached hydrogens (tertiary/aromatic N) is 2. The van der Waals surface area contributed by atoms with Crippen molar-refractivity contribution in [2.75, 3.05) is 20.3 Å². The number of ether oxygens (including phenoxy) is 1. The summed E-state index contributed by atoms with van der Waals surface area (Å²) >= 11 is 0. The maximum absolute atomic E-state index is 12.6. The van der Waals surface area contributed by atoms with Crippen LogP contribution in [0, 0.1) is 0 Å². The number of pyridine rings is 1. The first kappa shape index (κ1) is 14.5. The van der Waals surface area contributed by atoms with Gasteiger partial charge in [-0.15, -0.1) is 0 Å². The zero-order chi connectivity index (χ0) is 14.6. The Labute approximate surface area is 117 Å². The number of aromatic nitrogens is 1. The molecule has 2 rings (SSSR count). The standard InChI is InChI=1S/C14H19N3O3/c1-20-10-14(9-12(15)18)5-2-8-17(14)13(19)11-3-6-16-7-4-11/h3-4,6-7H,2,5,8-10H2,1H3,(H2,15,18)/t14-/m1/s1. The summed E-state index contributed by atoms with van der Waals surface area (Å²) in [7, 11) is 1.57. The highest BCUT2D eigenvalue weighted by Gasteiger charge is 2.45. The molecule has 1 fully saturated rings. The lowest BCUT2D eigenvalue weighted by molar-refractivity contribution is -0.121. The molecule has 0 aromatic carbocycles. The Balaban J connectivity index is 2.28. The first-order valence-corrected chi connectivity index (χ1v) is 6.58. The summed E-state index contributed by atoms with van der Waals surface area (Å²) in [6.07, 6.45) is 4.84. The van der Waals surface area contributed by atoms with E-state index in [1.165, 1.54) is 0 Å². The number of carbonyl (C=O) groups excluding carboxylic acids is 2. The van der Waals surface area contributed by atoms with Gasteiger partial charge in [0.15, 0.2) is 0 Å². The molecule has 0 unspecified atom stereocenters. The fraction of sp³-hybridized carbons (Fsp3) is 0.500. The highest BCUT2D eigenvalue weighted by atomic mass is 16.5. The zero-order valence-corrected chi connectivity index (χ0v) is 11.5. The third-order valence-corrected chi connectivity index (χ3v) is 3.69. The second-order valence-electron chi connectivity index (χ2n) is 5.10. The highest BCUT2D eigenvalue weighted by Crippen LogP contribution is 2.34. The van der Waals surface area contributed by atoms with E-state index >= 15 is 0 Å². The van der Waals surface area contributed by atoms with E-state index in [9.17, 15) is 9.59 Å². The number of carbonyl (C=O) groups is 2. The third-order valence-electron chi connectivity index (χ3n) is 3.69. The quantitative estimate of drug-likeness (QED) is 0.853. The number of nitrogens with two attached hydrogens (primary N) is 1. The van der Waals surface area contributed by atoms with Gasteiger partial charge in [-0.25, -0.2) is 0 Å². The Bertz CT molecular complexity index is 492. The van der Waals surface area contributed by atoms with Crippen LogP contribution in [0.2, 0.25) is 0 Å². The average molecular weight is 277 g/mol. The summed E-state index contributed by atoms with van der Waals surface area (Å²) in [5.74, 6) is -0.528. The van der Waals surface area contributed by atoms with Crippen LogP contribution in [0.4, 0.5) is 0 Å². The molecule has 2 heterocycles. The largest absolute Gasteiger partial charge is 0.382 e.